The van der Waals surface area contributed by atoms with Crippen LogP contribution in [0.25, 0.3) is 0 Å². The number of nitro groups is 1. The molecular weight excluding hydrogens is 262 g/mol. The van der Waals surface area contributed by atoms with Crippen molar-refractivity contribution in [3.8, 4) is 0 Å². The number of aryl methyl sites for hydroxylation is 1. The van der Waals surface area contributed by atoms with E-state index in [4.69, 9.17) is 5.73 Å². The predicted molar refractivity (Wildman–Crippen MR) is 71.9 cm³/mol. The number of aromatic nitrogens is 2. The summed E-state index contributed by atoms with van der Waals surface area (Å²) in [6.45, 7) is 4.39. The first-order valence-electron chi connectivity index (χ1n) is 6.63. The van der Waals surface area contributed by atoms with Gasteiger partial charge in [-0.25, -0.2) is 4.68 Å². The number of nitrogens with two attached hydrogens (primary N) is 1. The van der Waals surface area contributed by atoms with Gasteiger partial charge in [-0.05, 0) is 26.7 Å². The lowest BCUT2D eigenvalue weighted by molar-refractivity contribution is -0.386. The summed E-state index contributed by atoms with van der Waals surface area (Å²) >= 11 is 0. The molecule has 0 bridgehead atoms. The van der Waals surface area contributed by atoms with E-state index in [1.165, 1.54) is 0 Å². The lowest BCUT2D eigenvalue weighted by atomic mass is 10.0. The van der Waals surface area contributed by atoms with Crippen molar-refractivity contribution >= 4 is 11.6 Å². The normalized spacial score (nSPS) is 20.0. The molecule has 1 fully saturated rings. The van der Waals surface area contributed by atoms with E-state index in [0.29, 0.717) is 18.1 Å². The molecule has 0 unspecified atom stereocenters. The summed E-state index contributed by atoms with van der Waals surface area (Å²) < 4.78 is 1.58. The average Bonchev–Trinajstić information content (AvgIpc) is 2.64. The number of amides is 1. The monoisotopic (exact) mass is 281 g/mol. The molecule has 1 aliphatic rings. The molecule has 1 aromatic heterocycles. The minimum atomic E-state index is -0.421. The van der Waals surface area contributed by atoms with E-state index >= 15 is 0 Å². The topological polar surface area (TPSA) is 107 Å². The number of carbonyl (C=O) groups is 1. The molecule has 1 aliphatic heterocycles. The molecule has 0 aliphatic carbocycles. The van der Waals surface area contributed by atoms with Gasteiger partial charge in [0.25, 0.3) is 0 Å². The Morgan fingerprint density at radius 3 is 2.75 bits per heavy atom. The first-order valence-corrected chi connectivity index (χ1v) is 6.63. The van der Waals surface area contributed by atoms with E-state index in [1.807, 2.05) is 4.90 Å². The van der Waals surface area contributed by atoms with E-state index in [1.54, 1.807) is 18.5 Å². The molecule has 1 saturated heterocycles. The van der Waals surface area contributed by atoms with E-state index in [9.17, 15) is 14.9 Å². The molecule has 2 N–H and O–H groups in total. The Morgan fingerprint density at radius 1 is 1.50 bits per heavy atom. The number of primary amides is 1. The Labute approximate surface area is 116 Å². The number of carbonyl (C=O) groups excluding carboxylic acids is 1. The number of hydrogen-bond acceptors (Lipinski definition) is 5. The highest BCUT2D eigenvalue weighted by molar-refractivity contribution is 5.79. The van der Waals surface area contributed by atoms with Crippen LogP contribution in [-0.2, 0) is 11.5 Å². The average molecular weight is 281 g/mol. The molecule has 8 heteroatoms. The second kappa shape index (κ2) is 5.58. The van der Waals surface area contributed by atoms with Gasteiger partial charge in [0.15, 0.2) is 0 Å². The number of likely N-dealkylation sites (tertiary alicyclic amines) is 1. The zero-order valence-corrected chi connectivity index (χ0v) is 11.7. The molecular formula is C12H19N5O3. The van der Waals surface area contributed by atoms with Crippen molar-refractivity contribution in [2.75, 3.05) is 6.54 Å². The fraction of sp³-hybridized carbons (Fsp3) is 0.667. The summed E-state index contributed by atoms with van der Waals surface area (Å²) in [4.78, 5) is 24.0. The van der Waals surface area contributed by atoms with Gasteiger partial charge >= 0.3 is 5.69 Å². The fourth-order valence-corrected chi connectivity index (χ4v) is 2.74. The van der Waals surface area contributed by atoms with Crippen LogP contribution in [0.15, 0.2) is 0 Å². The van der Waals surface area contributed by atoms with Crippen LogP contribution in [-0.4, -0.2) is 38.1 Å². The van der Waals surface area contributed by atoms with Gasteiger partial charge in [-0.15, -0.1) is 0 Å². The van der Waals surface area contributed by atoms with Crippen molar-refractivity contribution in [1.29, 1.82) is 0 Å². The molecule has 0 radical (unpaired) electrons. The summed E-state index contributed by atoms with van der Waals surface area (Å²) in [7, 11) is 0. The number of rotatable bonds is 4. The van der Waals surface area contributed by atoms with E-state index < -0.39 is 4.92 Å². The molecule has 20 heavy (non-hydrogen) atoms. The number of hydrogen-bond donors (Lipinski definition) is 1. The third kappa shape index (κ3) is 2.64. The highest BCUT2D eigenvalue weighted by Crippen LogP contribution is 2.24. The lowest BCUT2D eigenvalue weighted by Gasteiger charge is -2.33. The highest BCUT2D eigenvalue weighted by atomic mass is 16.6. The van der Waals surface area contributed by atoms with Crippen LogP contribution in [0.1, 0.15) is 30.7 Å². The summed E-state index contributed by atoms with van der Waals surface area (Å²) in [5.74, 6) is -0.347. The third-order valence-corrected chi connectivity index (χ3v) is 3.78. The Morgan fingerprint density at radius 2 is 2.20 bits per heavy atom. The lowest BCUT2D eigenvalue weighted by Crippen LogP contribution is -2.48. The standard InChI is InChI=1S/C12H19N5O3/c1-8-11(17(19)20)9(2)16(14-8)7-15-6-4-3-5-10(15)12(13)18/h10H,3-7H2,1-2H3,(H2,13,18)/t10-/m0/s1. The fourth-order valence-electron chi connectivity index (χ4n) is 2.74. The number of piperidine rings is 1. The van der Waals surface area contributed by atoms with Crippen LogP contribution in [0.3, 0.4) is 0 Å². The summed E-state index contributed by atoms with van der Waals surface area (Å²) in [6.07, 6.45) is 2.70. The second-order valence-corrected chi connectivity index (χ2v) is 5.14. The molecule has 110 valence electrons. The van der Waals surface area contributed by atoms with Crippen molar-refractivity contribution in [2.24, 2.45) is 5.73 Å². The minimum Gasteiger partial charge on any atom is -0.368 e. The molecule has 1 atom stereocenters. The summed E-state index contributed by atoms with van der Waals surface area (Å²) in [5.41, 5.74) is 6.34. The van der Waals surface area contributed by atoms with Crippen molar-refractivity contribution in [1.82, 2.24) is 14.7 Å². The second-order valence-electron chi connectivity index (χ2n) is 5.14. The Bertz CT molecular complexity index is 539. The number of nitrogens with zero attached hydrogens (tertiary/aromatic N) is 4. The largest absolute Gasteiger partial charge is 0.368 e. The van der Waals surface area contributed by atoms with E-state index in [-0.39, 0.29) is 17.6 Å². The summed E-state index contributed by atoms with van der Waals surface area (Å²) in [5, 5.41) is 15.2. The molecule has 2 heterocycles. The Balaban J connectivity index is 2.23. The molecule has 0 aromatic carbocycles. The Hall–Kier alpha value is -1.96. The molecule has 1 amide bonds. The van der Waals surface area contributed by atoms with Gasteiger partial charge in [0, 0.05) is 6.54 Å². The van der Waals surface area contributed by atoms with Crippen LogP contribution in [0.5, 0.6) is 0 Å². The quantitative estimate of drug-likeness (QED) is 0.646. The SMILES string of the molecule is Cc1nn(CN2CCCC[C@H]2C(N)=O)c(C)c1[N+](=O)[O-]. The van der Waals surface area contributed by atoms with Gasteiger partial charge in [0.05, 0.1) is 17.6 Å². The van der Waals surface area contributed by atoms with Crippen molar-refractivity contribution in [3.63, 3.8) is 0 Å². The van der Waals surface area contributed by atoms with Crippen LogP contribution < -0.4 is 5.73 Å². The molecule has 1 aromatic rings. The molecule has 2 rings (SSSR count). The first kappa shape index (κ1) is 14.4. The maximum atomic E-state index is 11.5. The van der Waals surface area contributed by atoms with Gasteiger partial charge in [-0.2, -0.15) is 5.10 Å². The molecule has 8 nitrogen and oxygen atoms in total. The van der Waals surface area contributed by atoms with Gasteiger partial charge in [-0.1, -0.05) is 6.42 Å². The summed E-state index contributed by atoms with van der Waals surface area (Å²) in [6, 6.07) is -0.313. The van der Waals surface area contributed by atoms with Crippen molar-refractivity contribution in [2.45, 2.75) is 45.8 Å². The Kier molecular flexibility index (Phi) is 4.03. The predicted octanol–water partition coefficient (Wildman–Crippen LogP) is 0.705. The van der Waals surface area contributed by atoms with Crippen LogP contribution in [0.4, 0.5) is 5.69 Å². The van der Waals surface area contributed by atoms with Crippen LogP contribution >= 0.6 is 0 Å². The first-order chi connectivity index (χ1) is 9.41. The van der Waals surface area contributed by atoms with Gasteiger partial charge < -0.3 is 5.73 Å². The zero-order valence-electron chi connectivity index (χ0n) is 11.7. The third-order valence-electron chi connectivity index (χ3n) is 3.78. The van der Waals surface area contributed by atoms with Crippen molar-refractivity contribution in [3.05, 3.63) is 21.5 Å². The minimum absolute atomic E-state index is 0.0395. The van der Waals surface area contributed by atoms with Crippen LogP contribution in [0, 0.1) is 24.0 Å². The van der Waals surface area contributed by atoms with Crippen LogP contribution in [0.2, 0.25) is 0 Å². The zero-order chi connectivity index (χ0) is 14.9. The van der Waals surface area contributed by atoms with Gasteiger partial charge in [-0.3, -0.25) is 19.8 Å². The molecule has 0 spiro atoms. The smallest absolute Gasteiger partial charge is 0.312 e. The highest BCUT2D eigenvalue weighted by Gasteiger charge is 2.29. The van der Waals surface area contributed by atoms with Gasteiger partial charge in [0.1, 0.15) is 11.4 Å². The molecule has 0 saturated carbocycles. The van der Waals surface area contributed by atoms with Crippen molar-refractivity contribution < 1.29 is 9.72 Å². The van der Waals surface area contributed by atoms with E-state index in [2.05, 4.69) is 5.10 Å². The van der Waals surface area contributed by atoms with E-state index in [0.717, 1.165) is 25.8 Å². The maximum absolute atomic E-state index is 11.5. The maximum Gasteiger partial charge on any atom is 0.312 e. The van der Waals surface area contributed by atoms with Gasteiger partial charge in [0.2, 0.25) is 5.91 Å².